The molecular formula is C17H28N4O2S2. The van der Waals surface area contributed by atoms with Crippen molar-refractivity contribution in [2.24, 2.45) is 0 Å². The van der Waals surface area contributed by atoms with Gasteiger partial charge in [-0.2, -0.15) is 0 Å². The molecule has 1 saturated carbocycles. The largest absolute Gasteiger partial charge is 0.376 e. The zero-order valence-electron chi connectivity index (χ0n) is 14.8. The van der Waals surface area contributed by atoms with E-state index in [2.05, 4.69) is 20.8 Å². The first-order chi connectivity index (χ1) is 12.2. The number of ether oxygens (including phenoxy) is 1. The van der Waals surface area contributed by atoms with Gasteiger partial charge in [0, 0.05) is 19.2 Å². The summed E-state index contributed by atoms with van der Waals surface area (Å²) in [4.78, 5) is 12.4. The maximum Gasteiger partial charge on any atom is 0.233 e. The number of aromatic nitrogens is 2. The van der Waals surface area contributed by atoms with Gasteiger partial charge in [0.15, 0.2) is 4.34 Å². The molecule has 2 aliphatic rings. The van der Waals surface area contributed by atoms with E-state index in [1.807, 2.05) is 6.92 Å². The van der Waals surface area contributed by atoms with Gasteiger partial charge < -0.3 is 15.4 Å². The van der Waals surface area contributed by atoms with E-state index in [-0.39, 0.29) is 17.3 Å². The summed E-state index contributed by atoms with van der Waals surface area (Å²) in [6.07, 6.45) is 9.78. The fourth-order valence-corrected chi connectivity index (χ4v) is 5.19. The third-order valence-electron chi connectivity index (χ3n) is 4.76. The van der Waals surface area contributed by atoms with Crippen LogP contribution in [0.4, 0.5) is 5.13 Å². The van der Waals surface area contributed by atoms with Crippen LogP contribution in [0.3, 0.4) is 0 Å². The highest BCUT2D eigenvalue weighted by Crippen LogP contribution is 2.29. The topological polar surface area (TPSA) is 76.1 Å². The second-order valence-corrected chi connectivity index (χ2v) is 9.41. The van der Waals surface area contributed by atoms with Gasteiger partial charge in [0.2, 0.25) is 11.0 Å². The number of carbonyl (C=O) groups excluding carboxylic acids is 1. The predicted molar refractivity (Wildman–Crippen MR) is 102 cm³/mol. The molecule has 1 aromatic rings. The molecule has 2 heterocycles. The molecule has 0 bridgehead atoms. The highest BCUT2D eigenvalue weighted by molar-refractivity contribution is 8.02. The molecule has 1 amide bonds. The number of hydrogen-bond acceptors (Lipinski definition) is 7. The van der Waals surface area contributed by atoms with Gasteiger partial charge in [0.1, 0.15) is 0 Å². The lowest BCUT2D eigenvalue weighted by Gasteiger charge is -2.18. The second kappa shape index (κ2) is 9.73. The summed E-state index contributed by atoms with van der Waals surface area (Å²) in [6, 6.07) is 0.344. The molecular weight excluding hydrogens is 356 g/mol. The van der Waals surface area contributed by atoms with Gasteiger partial charge in [0.25, 0.3) is 0 Å². The fourth-order valence-electron chi connectivity index (χ4n) is 3.28. The normalized spacial score (nSPS) is 23.2. The van der Waals surface area contributed by atoms with Crippen LogP contribution in [0.25, 0.3) is 0 Å². The average molecular weight is 385 g/mol. The molecule has 2 atom stereocenters. The van der Waals surface area contributed by atoms with E-state index in [9.17, 15) is 4.79 Å². The predicted octanol–water partition coefficient (Wildman–Crippen LogP) is 3.45. The van der Waals surface area contributed by atoms with Crippen LogP contribution in [0.15, 0.2) is 4.34 Å². The minimum Gasteiger partial charge on any atom is -0.376 e. The number of carbonyl (C=O) groups is 1. The smallest absolute Gasteiger partial charge is 0.233 e. The SMILES string of the molecule is CC(Sc1nnc(NCC2CCCO2)s1)C(=O)NC1CCCCCC1. The van der Waals surface area contributed by atoms with Crippen LogP contribution in [0.2, 0.25) is 0 Å². The molecule has 2 N–H and O–H groups in total. The van der Waals surface area contributed by atoms with Gasteiger partial charge in [-0.1, -0.05) is 48.8 Å². The van der Waals surface area contributed by atoms with Gasteiger partial charge in [-0.25, -0.2) is 0 Å². The Kier molecular flexibility index (Phi) is 7.36. The van der Waals surface area contributed by atoms with Crippen LogP contribution in [0.1, 0.15) is 58.3 Å². The lowest BCUT2D eigenvalue weighted by atomic mass is 10.1. The molecule has 0 spiro atoms. The summed E-state index contributed by atoms with van der Waals surface area (Å²) in [5.74, 6) is 0.112. The molecule has 1 aromatic heterocycles. The van der Waals surface area contributed by atoms with Crippen LogP contribution >= 0.6 is 23.1 Å². The van der Waals surface area contributed by atoms with E-state index in [4.69, 9.17) is 4.74 Å². The number of hydrogen-bond donors (Lipinski definition) is 2. The Balaban J connectivity index is 1.42. The molecule has 25 heavy (non-hydrogen) atoms. The summed E-state index contributed by atoms with van der Waals surface area (Å²) in [7, 11) is 0. The first kappa shape index (κ1) is 18.9. The molecule has 2 unspecified atom stereocenters. The van der Waals surface area contributed by atoms with Gasteiger partial charge in [0.05, 0.1) is 11.4 Å². The first-order valence-electron chi connectivity index (χ1n) is 9.37. The van der Waals surface area contributed by atoms with Crippen molar-refractivity contribution in [3.8, 4) is 0 Å². The molecule has 1 aliphatic carbocycles. The van der Waals surface area contributed by atoms with Gasteiger partial charge >= 0.3 is 0 Å². The van der Waals surface area contributed by atoms with Gasteiger partial charge in [-0.15, -0.1) is 10.2 Å². The monoisotopic (exact) mass is 384 g/mol. The summed E-state index contributed by atoms with van der Waals surface area (Å²) < 4.78 is 6.43. The van der Waals surface area contributed by atoms with Gasteiger partial charge in [-0.3, -0.25) is 4.79 Å². The van der Waals surface area contributed by atoms with E-state index < -0.39 is 0 Å². The Morgan fingerprint density at radius 3 is 2.76 bits per heavy atom. The quantitative estimate of drug-likeness (QED) is 0.554. The second-order valence-electron chi connectivity index (χ2n) is 6.85. The van der Waals surface area contributed by atoms with Crippen molar-refractivity contribution in [2.45, 2.75) is 80.0 Å². The van der Waals surface area contributed by atoms with Crippen molar-refractivity contribution >= 4 is 34.1 Å². The maximum absolute atomic E-state index is 12.4. The Bertz CT molecular complexity index is 541. The third-order valence-corrected chi connectivity index (χ3v) is 6.82. The lowest BCUT2D eigenvalue weighted by molar-refractivity contribution is -0.121. The van der Waals surface area contributed by atoms with Crippen LogP contribution in [0.5, 0.6) is 0 Å². The Morgan fingerprint density at radius 1 is 1.24 bits per heavy atom. The Hall–Kier alpha value is -0.860. The molecule has 0 radical (unpaired) electrons. The fraction of sp³-hybridized carbons (Fsp3) is 0.824. The van der Waals surface area contributed by atoms with Crippen molar-refractivity contribution in [3.05, 3.63) is 0 Å². The molecule has 8 heteroatoms. The molecule has 1 saturated heterocycles. The average Bonchev–Trinajstić information content (AvgIpc) is 3.21. The molecule has 140 valence electrons. The summed E-state index contributed by atoms with van der Waals surface area (Å²) in [5.41, 5.74) is 0. The van der Waals surface area contributed by atoms with Gasteiger partial charge in [-0.05, 0) is 32.6 Å². The zero-order valence-corrected chi connectivity index (χ0v) is 16.5. The molecule has 0 aromatic carbocycles. The molecule has 2 fully saturated rings. The van der Waals surface area contributed by atoms with Crippen molar-refractivity contribution in [3.63, 3.8) is 0 Å². The van der Waals surface area contributed by atoms with E-state index in [1.54, 1.807) is 0 Å². The van der Waals surface area contributed by atoms with E-state index in [0.29, 0.717) is 6.04 Å². The summed E-state index contributed by atoms with van der Waals surface area (Å²) in [5, 5.41) is 15.5. The number of amides is 1. The number of anilines is 1. The lowest BCUT2D eigenvalue weighted by Crippen LogP contribution is -2.39. The van der Waals surface area contributed by atoms with E-state index >= 15 is 0 Å². The summed E-state index contributed by atoms with van der Waals surface area (Å²) in [6.45, 7) is 3.58. The highest BCUT2D eigenvalue weighted by Gasteiger charge is 2.21. The molecule has 6 nitrogen and oxygen atoms in total. The molecule has 3 rings (SSSR count). The van der Waals surface area contributed by atoms with Crippen LogP contribution in [0, 0.1) is 0 Å². The van der Waals surface area contributed by atoms with Crippen LogP contribution < -0.4 is 10.6 Å². The van der Waals surface area contributed by atoms with Crippen molar-refractivity contribution in [2.75, 3.05) is 18.5 Å². The number of rotatable bonds is 7. The molecule has 1 aliphatic heterocycles. The van der Waals surface area contributed by atoms with Crippen LogP contribution in [-0.4, -0.2) is 46.7 Å². The summed E-state index contributed by atoms with van der Waals surface area (Å²) >= 11 is 2.99. The Morgan fingerprint density at radius 2 is 2.04 bits per heavy atom. The van der Waals surface area contributed by atoms with Crippen LogP contribution in [-0.2, 0) is 9.53 Å². The highest BCUT2D eigenvalue weighted by atomic mass is 32.2. The van der Waals surface area contributed by atoms with Crippen molar-refractivity contribution < 1.29 is 9.53 Å². The van der Waals surface area contributed by atoms with Crippen molar-refractivity contribution in [1.82, 2.24) is 15.5 Å². The number of thioether (sulfide) groups is 1. The van der Waals surface area contributed by atoms with E-state index in [1.165, 1.54) is 48.8 Å². The zero-order chi connectivity index (χ0) is 17.5. The first-order valence-corrected chi connectivity index (χ1v) is 11.1. The number of nitrogens with zero attached hydrogens (tertiary/aromatic N) is 2. The minimum atomic E-state index is -0.151. The Labute approximate surface area is 157 Å². The standard InChI is InChI=1S/C17H28N4O2S2/c1-12(15(22)19-13-7-4-2-3-5-8-13)24-17-21-20-16(25-17)18-11-14-9-6-10-23-14/h12-14H,2-11H2,1H3,(H,18,20)(H,19,22). The van der Waals surface area contributed by atoms with Crippen molar-refractivity contribution in [1.29, 1.82) is 0 Å². The minimum absolute atomic E-state index is 0.112. The third kappa shape index (κ3) is 6.11. The maximum atomic E-state index is 12.4. The number of nitrogens with one attached hydrogen (secondary N) is 2. The van der Waals surface area contributed by atoms with E-state index in [0.717, 1.165) is 48.3 Å².